The average molecular weight is 318 g/mol. The van der Waals surface area contributed by atoms with Crippen LogP contribution in [0, 0.1) is 0 Å². The fourth-order valence-corrected chi connectivity index (χ4v) is 5.54. The van der Waals surface area contributed by atoms with Crippen molar-refractivity contribution < 1.29 is 18.7 Å². The van der Waals surface area contributed by atoms with Gasteiger partial charge in [0.25, 0.3) is 0 Å². The molecule has 0 saturated heterocycles. The van der Waals surface area contributed by atoms with E-state index in [0.717, 1.165) is 25.7 Å². The van der Waals surface area contributed by atoms with Gasteiger partial charge in [-0.2, -0.15) is 0 Å². The smallest absolute Gasteiger partial charge is 0.331 e. The number of unbranched alkanes of at least 4 members (excludes halogenated alkanes) is 1. The lowest BCUT2D eigenvalue weighted by Gasteiger charge is -2.31. The Morgan fingerprint density at radius 1 is 0.810 bits per heavy atom. The van der Waals surface area contributed by atoms with Crippen molar-refractivity contribution >= 4 is 7.60 Å². The predicted octanol–water partition coefficient (Wildman–Crippen LogP) is 4.65. The molecule has 2 rings (SSSR count). The predicted molar refractivity (Wildman–Crippen MR) is 84.7 cm³/mol. The monoisotopic (exact) mass is 318 g/mol. The van der Waals surface area contributed by atoms with Crippen molar-refractivity contribution in [3.05, 3.63) is 0 Å². The SMILES string of the molecule is O=P(CCCCO)(OC1CCCCC1)OC1CCCCC1. The molecule has 0 amide bonds. The van der Waals surface area contributed by atoms with Crippen LogP contribution in [-0.2, 0) is 13.6 Å². The van der Waals surface area contributed by atoms with E-state index < -0.39 is 7.60 Å². The van der Waals surface area contributed by atoms with Crippen molar-refractivity contribution in [2.24, 2.45) is 0 Å². The second kappa shape index (κ2) is 9.29. The van der Waals surface area contributed by atoms with Crippen LogP contribution in [0.2, 0.25) is 0 Å². The van der Waals surface area contributed by atoms with Gasteiger partial charge >= 0.3 is 7.60 Å². The van der Waals surface area contributed by atoms with Crippen LogP contribution in [-0.4, -0.2) is 30.1 Å². The van der Waals surface area contributed by atoms with Crippen LogP contribution in [0.25, 0.3) is 0 Å². The maximum atomic E-state index is 13.1. The maximum absolute atomic E-state index is 13.1. The lowest BCUT2D eigenvalue weighted by Crippen LogP contribution is -2.21. The molecule has 0 radical (unpaired) electrons. The van der Waals surface area contributed by atoms with Gasteiger partial charge in [-0.25, -0.2) is 0 Å². The fraction of sp³-hybridized carbons (Fsp3) is 1.00. The standard InChI is InChI=1S/C16H31O4P/c17-13-7-8-14-21(18,19-15-9-3-1-4-10-15)20-16-11-5-2-6-12-16/h15-17H,1-14H2. The molecule has 2 saturated carbocycles. The first kappa shape index (κ1) is 17.5. The van der Waals surface area contributed by atoms with Crippen molar-refractivity contribution in [1.29, 1.82) is 0 Å². The van der Waals surface area contributed by atoms with Crippen LogP contribution in [0.15, 0.2) is 0 Å². The summed E-state index contributed by atoms with van der Waals surface area (Å²) in [4.78, 5) is 0. The van der Waals surface area contributed by atoms with Gasteiger partial charge in [-0.1, -0.05) is 38.5 Å². The minimum atomic E-state index is -3.00. The first-order chi connectivity index (χ1) is 10.2. The van der Waals surface area contributed by atoms with Gasteiger partial charge in [0.2, 0.25) is 0 Å². The molecule has 2 fully saturated rings. The van der Waals surface area contributed by atoms with E-state index in [0.29, 0.717) is 19.0 Å². The van der Waals surface area contributed by atoms with E-state index in [4.69, 9.17) is 14.2 Å². The van der Waals surface area contributed by atoms with Crippen molar-refractivity contribution in [3.8, 4) is 0 Å². The van der Waals surface area contributed by atoms with Crippen molar-refractivity contribution in [2.75, 3.05) is 12.8 Å². The van der Waals surface area contributed by atoms with Crippen LogP contribution in [0.5, 0.6) is 0 Å². The molecule has 2 aliphatic rings. The van der Waals surface area contributed by atoms with E-state index in [1.165, 1.54) is 38.5 Å². The summed E-state index contributed by atoms with van der Waals surface area (Å²) in [7, 11) is -3.00. The number of hydrogen-bond donors (Lipinski definition) is 1. The molecule has 0 aromatic heterocycles. The van der Waals surface area contributed by atoms with Gasteiger partial charge in [0.15, 0.2) is 0 Å². The Hall–Kier alpha value is 0.110. The Kier molecular flexibility index (Phi) is 7.73. The largest absolute Gasteiger partial charge is 0.396 e. The molecule has 21 heavy (non-hydrogen) atoms. The molecule has 0 aromatic carbocycles. The lowest BCUT2D eigenvalue weighted by molar-refractivity contribution is 0.0787. The first-order valence-electron chi connectivity index (χ1n) is 8.78. The molecule has 0 atom stereocenters. The van der Waals surface area contributed by atoms with Gasteiger partial charge in [-0.15, -0.1) is 0 Å². The van der Waals surface area contributed by atoms with Crippen LogP contribution in [0.1, 0.15) is 77.0 Å². The second-order valence-electron chi connectivity index (χ2n) is 6.50. The minimum absolute atomic E-state index is 0.113. The Morgan fingerprint density at radius 2 is 1.29 bits per heavy atom. The molecule has 1 N–H and O–H groups in total. The molecule has 0 aliphatic heterocycles. The first-order valence-corrected chi connectivity index (χ1v) is 10.5. The molecule has 0 bridgehead atoms. The number of hydrogen-bond acceptors (Lipinski definition) is 4. The van der Waals surface area contributed by atoms with Gasteiger partial charge in [0.1, 0.15) is 0 Å². The minimum Gasteiger partial charge on any atom is -0.396 e. The third-order valence-corrected chi connectivity index (χ3v) is 6.67. The third kappa shape index (κ3) is 6.40. The van der Waals surface area contributed by atoms with Crippen molar-refractivity contribution in [3.63, 3.8) is 0 Å². The Morgan fingerprint density at radius 3 is 1.71 bits per heavy atom. The highest BCUT2D eigenvalue weighted by Gasteiger charge is 2.32. The lowest BCUT2D eigenvalue weighted by atomic mass is 9.98. The topological polar surface area (TPSA) is 55.8 Å². The maximum Gasteiger partial charge on any atom is 0.331 e. The molecule has 4 nitrogen and oxygen atoms in total. The molecule has 2 aliphatic carbocycles. The highest BCUT2D eigenvalue weighted by atomic mass is 31.2. The van der Waals surface area contributed by atoms with Gasteiger partial charge < -0.3 is 14.2 Å². The molecule has 5 heteroatoms. The molecule has 0 aromatic rings. The van der Waals surface area contributed by atoms with Crippen LogP contribution in [0.3, 0.4) is 0 Å². The van der Waals surface area contributed by atoms with E-state index >= 15 is 0 Å². The summed E-state index contributed by atoms with van der Waals surface area (Å²) in [5, 5.41) is 8.93. The Bertz CT molecular complexity index is 298. The summed E-state index contributed by atoms with van der Waals surface area (Å²) in [6.45, 7) is 0.146. The number of aliphatic hydroxyl groups excluding tert-OH is 1. The van der Waals surface area contributed by atoms with Gasteiger partial charge in [-0.05, 0) is 38.5 Å². The van der Waals surface area contributed by atoms with Crippen LogP contribution < -0.4 is 0 Å². The van der Waals surface area contributed by atoms with Crippen LogP contribution in [0.4, 0.5) is 0 Å². The normalized spacial score (nSPS) is 22.5. The van der Waals surface area contributed by atoms with E-state index in [9.17, 15) is 4.57 Å². The Labute approximate surface area is 129 Å². The van der Waals surface area contributed by atoms with E-state index in [-0.39, 0.29) is 18.8 Å². The zero-order valence-corrected chi connectivity index (χ0v) is 14.1. The summed E-state index contributed by atoms with van der Waals surface area (Å²) in [5.74, 6) is 0. The van der Waals surface area contributed by atoms with Crippen molar-refractivity contribution in [1.82, 2.24) is 0 Å². The third-order valence-electron chi connectivity index (χ3n) is 4.56. The summed E-state index contributed by atoms with van der Waals surface area (Å²) in [6, 6.07) is 0. The quantitative estimate of drug-likeness (QED) is 0.523. The summed E-state index contributed by atoms with van der Waals surface area (Å²) >= 11 is 0. The van der Waals surface area contributed by atoms with E-state index in [1.807, 2.05) is 0 Å². The number of rotatable bonds is 8. The zero-order chi connectivity index (χ0) is 15.0. The number of aliphatic hydroxyl groups is 1. The van der Waals surface area contributed by atoms with E-state index in [2.05, 4.69) is 0 Å². The van der Waals surface area contributed by atoms with Gasteiger partial charge in [0, 0.05) is 6.61 Å². The average Bonchev–Trinajstić information content (AvgIpc) is 2.49. The molecular weight excluding hydrogens is 287 g/mol. The van der Waals surface area contributed by atoms with Gasteiger partial charge in [0.05, 0.1) is 18.4 Å². The molecule has 124 valence electrons. The highest BCUT2D eigenvalue weighted by Crippen LogP contribution is 2.53. The molecule has 0 heterocycles. The van der Waals surface area contributed by atoms with Gasteiger partial charge in [-0.3, -0.25) is 4.57 Å². The fourth-order valence-electron chi connectivity index (χ4n) is 3.34. The van der Waals surface area contributed by atoms with Crippen molar-refractivity contribution in [2.45, 2.75) is 89.3 Å². The zero-order valence-electron chi connectivity index (χ0n) is 13.2. The summed E-state index contributed by atoms with van der Waals surface area (Å²) in [6.07, 6.45) is 13.3. The van der Waals surface area contributed by atoms with Crippen LogP contribution >= 0.6 is 7.60 Å². The molecule has 0 unspecified atom stereocenters. The molecular formula is C16H31O4P. The summed E-state index contributed by atoms with van der Waals surface area (Å²) in [5.41, 5.74) is 0. The molecule has 0 spiro atoms. The highest BCUT2D eigenvalue weighted by molar-refractivity contribution is 7.53. The summed E-state index contributed by atoms with van der Waals surface area (Å²) < 4.78 is 25.1. The second-order valence-corrected chi connectivity index (χ2v) is 8.59. The van der Waals surface area contributed by atoms with E-state index in [1.54, 1.807) is 0 Å². The Balaban J connectivity index is 1.89.